The number of hydrogen-bond donors (Lipinski definition) is 2. The molecule has 3 heterocycles. The second-order valence-electron chi connectivity index (χ2n) is 7.63. The molecule has 31 heavy (non-hydrogen) atoms. The van der Waals surface area contributed by atoms with E-state index in [4.69, 9.17) is 0 Å². The van der Waals surface area contributed by atoms with Crippen LogP contribution < -0.4 is 20.4 Å². The Morgan fingerprint density at radius 1 is 1.26 bits per heavy atom. The van der Waals surface area contributed by atoms with Crippen LogP contribution in [-0.4, -0.2) is 49.6 Å². The van der Waals surface area contributed by atoms with E-state index < -0.39 is 0 Å². The van der Waals surface area contributed by atoms with Gasteiger partial charge < -0.3 is 20.4 Å². The summed E-state index contributed by atoms with van der Waals surface area (Å²) in [6, 6.07) is 11.3. The van der Waals surface area contributed by atoms with E-state index >= 15 is 0 Å². The Balaban J connectivity index is 0.00000272. The number of aromatic nitrogens is 1. The Morgan fingerprint density at radius 3 is 2.74 bits per heavy atom. The zero-order chi connectivity index (χ0) is 20.9. The summed E-state index contributed by atoms with van der Waals surface area (Å²) in [5, 5.41) is 6.74. The van der Waals surface area contributed by atoms with Crippen LogP contribution >= 0.6 is 24.0 Å². The summed E-state index contributed by atoms with van der Waals surface area (Å²) in [7, 11) is 1.74. The van der Waals surface area contributed by atoms with E-state index in [1.807, 2.05) is 34.1 Å². The second kappa shape index (κ2) is 10.7. The highest BCUT2D eigenvalue weighted by Crippen LogP contribution is 2.22. The lowest BCUT2D eigenvalue weighted by Crippen LogP contribution is -2.44. The minimum absolute atomic E-state index is 0. The van der Waals surface area contributed by atoms with Gasteiger partial charge in [0.05, 0.1) is 0 Å². The average Bonchev–Trinajstić information content (AvgIpc) is 3.41. The van der Waals surface area contributed by atoms with E-state index in [9.17, 15) is 9.18 Å². The monoisotopic (exact) mass is 538 g/mol. The third-order valence-electron chi connectivity index (χ3n) is 5.57. The summed E-state index contributed by atoms with van der Waals surface area (Å²) in [6.45, 7) is 2.85. The molecule has 1 amide bonds. The zero-order valence-electron chi connectivity index (χ0n) is 17.6. The maximum Gasteiger partial charge on any atom is 0.227 e. The van der Waals surface area contributed by atoms with Crippen LogP contribution in [0.4, 0.5) is 15.9 Å². The van der Waals surface area contributed by atoms with Crippen LogP contribution in [0.5, 0.6) is 0 Å². The van der Waals surface area contributed by atoms with Crippen LogP contribution in [0, 0.1) is 5.82 Å². The Labute approximate surface area is 199 Å². The SMILES string of the molecule is CN=C(NCc1ccc(N2CCCC2=O)cc1)NC1CCN(c2ncccc2F)C1.I. The van der Waals surface area contributed by atoms with E-state index in [1.165, 1.54) is 6.07 Å². The number of carbonyl (C=O) groups is 1. The highest BCUT2D eigenvalue weighted by Gasteiger charge is 2.26. The predicted octanol–water partition coefficient (Wildman–Crippen LogP) is 2.91. The molecule has 2 aliphatic rings. The molecule has 2 N–H and O–H groups in total. The van der Waals surface area contributed by atoms with Crippen LogP contribution in [0.15, 0.2) is 47.6 Å². The topological polar surface area (TPSA) is 72.9 Å². The highest BCUT2D eigenvalue weighted by molar-refractivity contribution is 14.0. The van der Waals surface area contributed by atoms with Gasteiger partial charge >= 0.3 is 0 Å². The molecule has 0 spiro atoms. The third-order valence-corrected chi connectivity index (χ3v) is 5.57. The van der Waals surface area contributed by atoms with Gasteiger partial charge in [0, 0.05) is 57.6 Å². The normalized spacial score (nSPS) is 18.8. The predicted molar refractivity (Wildman–Crippen MR) is 132 cm³/mol. The molecule has 1 aromatic carbocycles. The first-order valence-corrected chi connectivity index (χ1v) is 10.4. The van der Waals surface area contributed by atoms with Gasteiger partial charge in [0.1, 0.15) is 0 Å². The van der Waals surface area contributed by atoms with Gasteiger partial charge in [-0.15, -0.1) is 24.0 Å². The minimum Gasteiger partial charge on any atom is -0.352 e. The molecular formula is C22H28FIN6O. The van der Waals surface area contributed by atoms with Crippen LogP contribution in [0.2, 0.25) is 0 Å². The molecule has 2 fully saturated rings. The van der Waals surface area contributed by atoms with E-state index in [-0.39, 0.29) is 41.7 Å². The molecule has 0 saturated carbocycles. The van der Waals surface area contributed by atoms with Crippen molar-refractivity contribution in [2.45, 2.75) is 31.8 Å². The lowest BCUT2D eigenvalue weighted by Gasteiger charge is -2.20. The molecule has 9 heteroatoms. The molecule has 0 aliphatic carbocycles. The van der Waals surface area contributed by atoms with Crippen molar-refractivity contribution < 1.29 is 9.18 Å². The van der Waals surface area contributed by atoms with Gasteiger partial charge in [0.15, 0.2) is 17.6 Å². The number of hydrogen-bond acceptors (Lipinski definition) is 4. The minimum atomic E-state index is -0.292. The first kappa shape index (κ1) is 23.2. The van der Waals surface area contributed by atoms with Gasteiger partial charge in [-0.3, -0.25) is 9.79 Å². The van der Waals surface area contributed by atoms with Crippen LogP contribution in [-0.2, 0) is 11.3 Å². The second-order valence-corrected chi connectivity index (χ2v) is 7.63. The number of guanidine groups is 1. The zero-order valence-corrected chi connectivity index (χ0v) is 19.9. The van der Waals surface area contributed by atoms with Crippen LogP contribution in [0.3, 0.4) is 0 Å². The number of pyridine rings is 1. The fourth-order valence-corrected chi connectivity index (χ4v) is 3.97. The smallest absolute Gasteiger partial charge is 0.227 e. The summed E-state index contributed by atoms with van der Waals surface area (Å²) in [5.41, 5.74) is 2.06. The largest absolute Gasteiger partial charge is 0.352 e. The molecule has 2 aromatic rings. The van der Waals surface area contributed by atoms with Gasteiger partial charge in [-0.2, -0.15) is 0 Å². The van der Waals surface area contributed by atoms with Gasteiger partial charge in [-0.1, -0.05) is 12.1 Å². The number of nitrogens with one attached hydrogen (secondary N) is 2. The molecule has 0 bridgehead atoms. The van der Waals surface area contributed by atoms with E-state index in [2.05, 4.69) is 20.6 Å². The summed E-state index contributed by atoms with van der Waals surface area (Å²) in [4.78, 5) is 24.1. The molecule has 2 aliphatic heterocycles. The number of rotatable bonds is 5. The number of nitrogens with zero attached hydrogens (tertiary/aromatic N) is 4. The fourth-order valence-electron chi connectivity index (χ4n) is 3.97. The molecule has 4 rings (SSSR count). The first-order chi connectivity index (χ1) is 14.6. The standard InChI is InChI=1S/C22H27FN6O.HI/c1-24-22(27-17-10-13-28(15-17)21-19(23)4-2-11-25-21)26-14-16-6-8-18(9-7-16)29-12-3-5-20(29)30;/h2,4,6-9,11,17H,3,5,10,12-15H2,1H3,(H2,24,26,27);1H. The van der Waals surface area contributed by atoms with Crippen LogP contribution in [0.25, 0.3) is 0 Å². The molecule has 1 aromatic heterocycles. The van der Waals surface area contributed by atoms with Crippen molar-refractivity contribution in [2.75, 3.05) is 36.5 Å². The number of carbonyl (C=O) groups excluding carboxylic acids is 1. The van der Waals surface area contributed by atoms with Crippen LogP contribution in [0.1, 0.15) is 24.8 Å². The molecule has 1 atom stereocenters. The van der Waals surface area contributed by atoms with E-state index in [0.717, 1.165) is 37.2 Å². The molecule has 2 saturated heterocycles. The van der Waals surface area contributed by atoms with Gasteiger partial charge in [-0.05, 0) is 42.7 Å². The summed E-state index contributed by atoms with van der Waals surface area (Å²) in [5.74, 6) is 1.02. The lowest BCUT2D eigenvalue weighted by molar-refractivity contribution is -0.117. The average molecular weight is 538 g/mol. The fraction of sp³-hybridized carbons (Fsp3) is 0.409. The molecular weight excluding hydrogens is 510 g/mol. The van der Waals surface area contributed by atoms with Gasteiger partial charge in [-0.25, -0.2) is 9.37 Å². The number of amides is 1. The number of anilines is 2. The van der Waals surface area contributed by atoms with Crippen molar-refractivity contribution in [1.29, 1.82) is 0 Å². The number of benzene rings is 1. The van der Waals surface area contributed by atoms with E-state index in [1.54, 1.807) is 19.3 Å². The number of aliphatic imine (C=N–C) groups is 1. The number of halogens is 2. The van der Waals surface area contributed by atoms with Crippen molar-refractivity contribution in [2.24, 2.45) is 4.99 Å². The summed E-state index contributed by atoms with van der Waals surface area (Å²) < 4.78 is 14.0. The summed E-state index contributed by atoms with van der Waals surface area (Å²) in [6.07, 6.45) is 4.06. The Kier molecular flexibility index (Phi) is 8.05. The Hall–Kier alpha value is -2.43. The maximum absolute atomic E-state index is 14.0. The van der Waals surface area contributed by atoms with Gasteiger partial charge in [0.2, 0.25) is 5.91 Å². The maximum atomic E-state index is 14.0. The Morgan fingerprint density at radius 2 is 2.06 bits per heavy atom. The van der Waals surface area contributed by atoms with Crippen molar-refractivity contribution in [1.82, 2.24) is 15.6 Å². The molecule has 7 nitrogen and oxygen atoms in total. The van der Waals surface area contributed by atoms with Gasteiger partial charge in [0.25, 0.3) is 0 Å². The van der Waals surface area contributed by atoms with Crippen molar-refractivity contribution in [3.63, 3.8) is 0 Å². The van der Waals surface area contributed by atoms with Crippen molar-refractivity contribution >= 4 is 47.3 Å². The molecule has 166 valence electrons. The summed E-state index contributed by atoms with van der Waals surface area (Å²) >= 11 is 0. The quantitative estimate of drug-likeness (QED) is 0.348. The Bertz CT molecular complexity index is 922. The first-order valence-electron chi connectivity index (χ1n) is 10.4. The highest BCUT2D eigenvalue weighted by atomic mass is 127. The lowest BCUT2D eigenvalue weighted by atomic mass is 10.2. The molecule has 0 radical (unpaired) electrons. The van der Waals surface area contributed by atoms with Crippen molar-refractivity contribution in [3.05, 3.63) is 54.0 Å². The third kappa shape index (κ3) is 5.63. The van der Waals surface area contributed by atoms with Crippen molar-refractivity contribution in [3.8, 4) is 0 Å². The molecule has 1 unspecified atom stereocenters. The van der Waals surface area contributed by atoms with E-state index in [0.29, 0.717) is 31.3 Å².